The first-order valence-electron chi connectivity index (χ1n) is 8.08. The van der Waals surface area contributed by atoms with E-state index < -0.39 is 0 Å². The fourth-order valence-corrected chi connectivity index (χ4v) is 3.18. The molecule has 1 amide bonds. The van der Waals surface area contributed by atoms with Crippen molar-refractivity contribution in [2.45, 2.75) is 25.4 Å². The molecule has 24 heavy (non-hydrogen) atoms. The molecule has 1 aliphatic carbocycles. The molecule has 3 heterocycles. The third-order valence-electron chi connectivity index (χ3n) is 4.57. The van der Waals surface area contributed by atoms with E-state index in [2.05, 4.69) is 19.7 Å². The average Bonchev–Trinajstić information content (AvgIpc) is 3.25. The highest BCUT2D eigenvalue weighted by molar-refractivity contribution is 6.09. The molecule has 2 aromatic heterocycles. The van der Waals surface area contributed by atoms with E-state index in [-0.39, 0.29) is 5.91 Å². The molecule has 6 nitrogen and oxygen atoms in total. The molecule has 0 bridgehead atoms. The number of pyridine rings is 1. The van der Waals surface area contributed by atoms with Gasteiger partial charge in [-0.25, -0.2) is 4.98 Å². The fourth-order valence-electron chi connectivity index (χ4n) is 3.18. The second-order valence-corrected chi connectivity index (χ2v) is 6.22. The molecule has 0 radical (unpaired) electrons. The summed E-state index contributed by atoms with van der Waals surface area (Å²) in [6.45, 7) is 0.556. The molecule has 0 saturated heterocycles. The van der Waals surface area contributed by atoms with Gasteiger partial charge in [-0.1, -0.05) is 24.3 Å². The van der Waals surface area contributed by atoms with Gasteiger partial charge in [-0.15, -0.1) is 10.2 Å². The summed E-state index contributed by atoms with van der Waals surface area (Å²) in [5, 5.41) is 8.25. The summed E-state index contributed by atoms with van der Waals surface area (Å²) < 4.78 is 2.08. The highest BCUT2D eigenvalue weighted by Crippen LogP contribution is 2.37. The third kappa shape index (κ3) is 2.03. The number of hydrogen-bond acceptors (Lipinski definition) is 4. The van der Waals surface area contributed by atoms with Crippen LogP contribution in [-0.2, 0) is 6.54 Å². The Balaban J connectivity index is 1.52. The first kappa shape index (κ1) is 13.4. The first-order valence-corrected chi connectivity index (χ1v) is 8.08. The van der Waals surface area contributed by atoms with Crippen LogP contribution in [0, 0.1) is 0 Å². The molecular weight excluding hydrogens is 302 g/mol. The number of nitrogens with zero attached hydrogens (tertiary/aromatic N) is 5. The molecule has 3 aromatic rings. The van der Waals surface area contributed by atoms with E-state index >= 15 is 0 Å². The van der Waals surface area contributed by atoms with Crippen molar-refractivity contribution in [1.82, 2.24) is 19.7 Å². The van der Waals surface area contributed by atoms with Crippen LogP contribution < -0.4 is 4.90 Å². The monoisotopic (exact) mass is 317 g/mol. The summed E-state index contributed by atoms with van der Waals surface area (Å²) in [6.07, 6.45) is 4.08. The van der Waals surface area contributed by atoms with Gasteiger partial charge in [-0.2, -0.15) is 0 Å². The molecule has 2 aliphatic rings. The van der Waals surface area contributed by atoms with Crippen LogP contribution in [-0.4, -0.2) is 25.7 Å². The van der Waals surface area contributed by atoms with E-state index in [0.29, 0.717) is 18.4 Å². The minimum atomic E-state index is -0.00101. The highest BCUT2D eigenvalue weighted by Gasteiger charge is 2.30. The van der Waals surface area contributed by atoms with E-state index in [0.717, 1.165) is 35.5 Å². The van der Waals surface area contributed by atoms with Crippen LogP contribution in [0.15, 0.2) is 48.8 Å². The molecule has 1 aliphatic heterocycles. The normalized spacial score (nSPS) is 16.5. The average molecular weight is 317 g/mol. The third-order valence-corrected chi connectivity index (χ3v) is 4.57. The first-order chi connectivity index (χ1) is 11.8. The molecule has 0 unspecified atom stereocenters. The van der Waals surface area contributed by atoms with E-state index in [4.69, 9.17) is 0 Å². The molecule has 0 atom stereocenters. The number of anilines is 1. The van der Waals surface area contributed by atoms with Crippen molar-refractivity contribution in [3.63, 3.8) is 0 Å². The lowest BCUT2D eigenvalue weighted by Gasteiger charge is -2.15. The summed E-state index contributed by atoms with van der Waals surface area (Å²) in [7, 11) is 0. The molecule has 1 fully saturated rings. The maximum atomic E-state index is 12.6. The smallest absolute Gasteiger partial charge is 0.260 e. The Hall–Kier alpha value is -3.02. The number of benzene rings is 1. The number of aromatic nitrogens is 4. The van der Waals surface area contributed by atoms with E-state index in [1.54, 1.807) is 11.2 Å². The number of rotatable bonds is 3. The van der Waals surface area contributed by atoms with Crippen molar-refractivity contribution in [1.29, 1.82) is 0 Å². The number of fused-ring (bicyclic) bond motifs is 1. The minimum Gasteiger partial charge on any atom is -0.309 e. The standard InChI is InChI=1S/C18H15N5O/c24-18-14-5-2-1-4-12(14)10-22(18)16-7-3-6-15(20-16)17-21-19-11-23(17)13-8-9-13/h1-7,11,13H,8-10H2. The number of carbonyl (C=O) groups is 1. The summed E-state index contributed by atoms with van der Waals surface area (Å²) in [6, 6.07) is 13.9. The summed E-state index contributed by atoms with van der Waals surface area (Å²) in [4.78, 5) is 19.0. The van der Waals surface area contributed by atoms with Gasteiger partial charge in [0.2, 0.25) is 0 Å². The van der Waals surface area contributed by atoms with Crippen molar-refractivity contribution in [3.8, 4) is 11.5 Å². The second kappa shape index (κ2) is 4.99. The maximum Gasteiger partial charge on any atom is 0.260 e. The molecule has 6 heteroatoms. The molecule has 0 N–H and O–H groups in total. The predicted molar refractivity (Wildman–Crippen MR) is 88.5 cm³/mol. The Labute approximate surface area is 138 Å². The van der Waals surface area contributed by atoms with Crippen molar-refractivity contribution < 1.29 is 4.79 Å². The van der Waals surface area contributed by atoms with Crippen LogP contribution in [0.3, 0.4) is 0 Å². The van der Waals surface area contributed by atoms with Crippen LogP contribution in [0.1, 0.15) is 34.8 Å². The summed E-state index contributed by atoms with van der Waals surface area (Å²) >= 11 is 0. The summed E-state index contributed by atoms with van der Waals surface area (Å²) in [5.41, 5.74) is 2.54. The van der Waals surface area contributed by atoms with Gasteiger partial charge in [0.25, 0.3) is 5.91 Å². The van der Waals surface area contributed by atoms with Crippen molar-refractivity contribution >= 4 is 11.7 Å². The Morgan fingerprint density at radius 1 is 1.04 bits per heavy atom. The van der Waals surface area contributed by atoms with E-state index in [1.807, 2.05) is 42.5 Å². The summed E-state index contributed by atoms with van der Waals surface area (Å²) in [5.74, 6) is 1.42. The molecule has 5 rings (SSSR count). The number of carbonyl (C=O) groups excluding carboxylic acids is 1. The lowest BCUT2D eigenvalue weighted by atomic mass is 10.1. The minimum absolute atomic E-state index is 0.00101. The number of amides is 1. The molecule has 1 saturated carbocycles. The second-order valence-electron chi connectivity index (χ2n) is 6.22. The van der Waals surface area contributed by atoms with Crippen LogP contribution in [0.4, 0.5) is 5.82 Å². The predicted octanol–water partition coefficient (Wildman–Crippen LogP) is 2.84. The SMILES string of the molecule is O=C1c2ccccc2CN1c1cccc(-c2nncn2C2CC2)n1. The fraction of sp³-hybridized carbons (Fsp3) is 0.222. The zero-order valence-electron chi connectivity index (χ0n) is 13.0. The van der Waals surface area contributed by atoms with E-state index in [1.165, 1.54) is 0 Å². The van der Waals surface area contributed by atoms with Crippen molar-refractivity contribution in [2.75, 3.05) is 4.90 Å². The highest BCUT2D eigenvalue weighted by atomic mass is 16.2. The largest absolute Gasteiger partial charge is 0.309 e. The Morgan fingerprint density at radius 2 is 1.92 bits per heavy atom. The van der Waals surface area contributed by atoms with Crippen molar-refractivity contribution in [3.05, 3.63) is 59.9 Å². The van der Waals surface area contributed by atoms with Crippen LogP contribution in [0.5, 0.6) is 0 Å². The topological polar surface area (TPSA) is 63.9 Å². The van der Waals surface area contributed by atoms with Crippen LogP contribution in [0.2, 0.25) is 0 Å². The zero-order valence-corrected chi connectivity index (χ0v) is 13.0. The van der Waals surface area contributed by atoms with Gasteiger partial charge in [0.1, 0.15) is 17.8 Å². The maximum absolute atomic E-state index is 12.6. The molecule has 0 spiro atoms. The van der Waals surface area contributed by atoms with Gasteiger partial charge in [-0.3, -0.25) is 9.69 Å². The zero-order chi connectivity index (χ0) is 16.1. The lowest BCUT2D eigenvalue weighted by Crippen LogP contribution is -2.24. The van der Waals surface area contributed by atoms with Gasteiger partial charge in [0.15, 0.2) is 5.82 Å². The molecular formula is C18H15N5O. The number of hydrogen-bond donors (Lipinski definition) is 0. The van der Waals surface area contributed by atoms with Gasteiger partial charge in [-0.05, 0) is 36.6 Å². The molecule has 118 valence electrons. The molecule has 1 aromatic carbocycles. The van der Waals surface area contributed by atoms with Gasteiger partial charge >= 0.3 is 0 Å². The van der Waals surface area contributed by atoms with Crippen LogP contribution >= 0.6 is 0 Å². The Bertz CT molecular complexity index is 944. The van der Waals surface area contributed by atoms with Gasteiger partial charge in [0.05, 0.1) is 6.54 Å². The van der Waals surface area contributed by atoms with Gasteiger partial charge in [0, 0.05) is 11.6 Å². The van der Waals surface area contributed by atoms with Crippen molar-refractivity contribution in [2.24, 2.45) is 0 Å². The Morgan fingerprint density at radius 3 is 2.75 bits per heavy atom. The Kier molecular flexibility index (Phi) is 2.79. The quantitative estimate of drug-likeness (QED) is 0.745. The lowest BCUT2D eigenvalue weighted by molar-refractivity contribution is 0.0996. The van der Waals surface area contributed by atoms with Gasteiger partial charge < -0.3 is 4.57 Å². The van der Waals surface area contributed by atoms with Crippen LogP contribution in [0.25, 0.3) is 11.5 Å². The van der Waals surface area contributed by atoms with E-state index in [9.17, 15) is 4.79 Å².